The Morgan fingerprint density at radius 2 is 2.04 bits per heavy atom. The van der Waals surface area contributed by atoms with Gasteiger partial charge in [0.05, 0.1) is 11.8 Å². The highest BCUT2D eigenvalue weighted by atomic mass is 35.5. The van der Waals surface area contributed by atoms with Crippen molar-refractivity contribution >= 4 is 41.0 Å². The molecule has 2 aromatic carbocycles. The van der Waals surface area contributed by atoms with Crippen LogP contribution in [0.15, 0.2) is 63.1 Å². The van der Waals surface area contributed by atoms with Gasteiger partial charge in [0.1, 0.15) is 0 Å². The number of aromatic nitrogens is 2. The second-order valence-electron chi connectivity index (χ2n) is 5.96. The first-order chi connectivity index (χ1) is 13.2. The number of thioether (sulfide) groups is 2. The van der Waals surface area contributed by atoms with Crippen LogP contribution in [0.25, 0.3) is 11.5 Å². The highest BCUT2D eigenvalue weighted by Crippen LogP contribution is 2.35. The lowest BCUT2D eigenvalue weighted by molar-refractivity contribution is -0.119. The first-order valence-corrected chi connectivity index (χ1v) is 10.8. The summed E-state index contributed by atoms with van der Waals surface area (Å²) in [5.74, 6) is 1.60. The number of rotatable bonds is 5. The maximum absolute atomic E-state index is 12.4. The van der Waals surface area contributed by atoms with Gasteiger partial charge in [-0.1, -0.05) is 41.6 Å². The standard InChI is InChI=1S/C19H16ClN3O2S2/c20-13-7-5-12(6-8-13)18-22-23-19(25-18)27-11-17(24)21-15-9-10-26-16-4-2-1-3-14(15)16/h1-8,15H,9-11H2,(H,21,24)/t15-/m0/s1. The predicted octanol–water partition coefficient (Wildman–Crippen LogP) is 4.84. The minimum Gasteiger partial charge on any atom is -0.411 e. The van der Waals surface area contributed by atoms with Gasteiger partial charge in [-0.15, -0.1) is 22.0 Å². The number of hydrogen-bond acceptors (Lipinski definition) is 6. The van der Waals surface area contributed by atoms with E-state index in [1.807, 2.05) is 36.0 Å². The molecule has 1 atom stereocenters. The van der Waals surface area contributed by atoms with Gasteiger partial charge in [-0.2, -0.15) is 0 Å². The third-order valence-corrected chi connectivity index (χ3v) is 6.31. The fourth-order valence-corrected chi connectivity index (χ4v) is 4.66. The highest BCUT2D eigenvalue weighted by molar-refractivity contribution is 7.99. The molecule has 0 radical (unpaired) electrons. The van der Waals surface area contributed by atoms with Crippen molar-refractivity contribution in [3.8, 4) is 11.5 Å². The smallest absolute Gasteiger partial charge is 0.277 e. The van der Waals surface area contributed by atoms with Crippen LogP contribution in [-0.4, -0.2) is 27.6 Å². The van der Waals surface area contributed by atoms with Crippen molar-refractivity contribution in [2.75, 3.05) is 11.5 Å². The van der Waals surface area contributed by atoms with Crippen molar-refractivity contribution in [2.45, 2.75) is 22.6 Å². The van der Waals surface area contributed by atoms with Gasteiger partial charge >= 0.3 is 0 Å². The number of fused-ring (bicyclic) bond motifs is 1. The molecule has 3 aromatic rings. The maximum Gasteiger partial charge on any atom is 0.277 e. The summed E-state index contributed by atoms with van der Waals surface area (Å²) < 4.78 is 5.62. The quantitative estimate of drug-likeness (QED) is 0.599. The summed E-state index contributed by atoms with van der Waals surface area (Å²) in [6.07, 6.45) is 0.930. The zero-order chi connectivity index (χ0) is 18.6. The fraction of sp³-hybridized carbons (Fsp3) is 0.211. The van der Waals surface area contributed by atoms with Gasteiger partial charge in [0, 0.05) is 21.2 Å². The summed E-state index contributed by atoms with van der Waals surface area (Å²) in [4.78, 5) is 13.6. The normalized spacial score (nSPS) is 16.0. The van der Waals surface area contributed by atoms with E-state index in [1.54, 1.807) is 12.1 Å². The number of amides is 1. The minimum atomic E-state index is -0.0436. The van der Waals surface area contributed by atoms with Crippen LogP contribution >= 0.6 is 35.1 Å². The number of halogens is 1. The van der Waals surface area contributed by atoms with Crippen LogP contribution < -0.4 is 5.32 Å². The first kappa shape index (κ1) is 18.4. The summed E-state index contributed by atoms with van der Waals surface area (Å²) in [5, 5.41) is 12.2. The molecule has 27 heavy (non-hydrogen) atoms. The van der Waals surface area contributed by atoms with Gasteiger partial charge in [-0.05, 0) is 42.3 Å². The zero-order valence-corrected chi connectivity index (χ0v) is 16.6. The summed E-state index contributed by atoms with van der Waals surface area (Å²) >= 11 is 8.95. The predicted molar refractivity (Wildman–Crippen MR) is 108 cm³/mol. The van der Waals surface area contributed by atoms with Gasteiger partial charge in [-0.3, -0.25) is 4.79 Å². The third-order valence-electron chi connectivity index (χ3n) is 4.12. The number of carbonyl (C=O) groups is 1. The molecule has 5 nitrogen and oxygen atoms in total. The Labute approximate surface area is 170 Å². The van der Waals surface area contributed by atoms with Crippen molar-refractivity contribution in [3.63, 3.8) is 0 Å². The van der Waals surface area contributed by atoms with Crippen LogP contribution in [-0.2, 0) is 4.79 Å². The zero-order valence-electron chi connectivity index (χ0n) is 14.2. The number of nitrogens with one attached hydrogen (secondary N) is 1. The Morgan fingerprint density at radius 1 is 1.22 bits per heavy atom. The number of hydrogen-bond donors (Lipinski definition) is 1. The molecular weight excluding hydrogens is 402 g/mol. The molecule has 4 rings (SSSR count). The average molecular weight is 418 g/mol. The van der Waals surface area contributed by atoms with Gasteiger partial charge in [0.2, 0.25) is 11.8 Å². The minimum absolute atomic E-state index is 0.0436. The van der Waals surface area contributed by atoms with Crippen LogP contribution in [0.4, 0.5) is 0 Å². The highest BCUT2D eigenvalue weighted by Gasteiger charge is 2.22. The summed E-state index contributed by atoms with van der Waals surface area (Å²) in [6.45, 7) is 0. The number of nitrogens with zero attached hydrogens (tertiary/aromatic N) is 2. The molecule has 0 aliphatic carbocycles. The van der Waals surface area contributed by atoms with Gasteiger partial charge < -0.3 is 9.73 Å². The Bertz CT molecular complexity index is 946. The lowest BCUT2D eigenvalue weighted by Crippen LogP contribution is -2.31. The van der Waals surface area contributed by atoms with E-state index in [0.29, 0.717) is 16.1 Å². The molecule has 0 bridgehead atoms. The van der Waals surface area contributed by atoms with E-state index in [1.165, 1.54) is 22.2 Å². The van der Waals surface area contributed by atoms with Crippen LogP contribution in [0.3, 0.4) is 0 Å². The second-order valence-corrected chi connectivity index (χ2v) is 8.46. The van der Waals surface area contributed by atoms with E-state index in [0.717, 1.165) is 17.7 Å². The van der Waals surface area contributed by atoms with E-state index >= 15 is 0 Å². The van der Waals surface area contributed by atoms with Gasteiger partial charge in [0.25, 0.3) is 5.22 Å². The molecule has 1 aromatic heterocycles. The van der Waals surface area contributed by atoms with Crippen LogP contribution in [0, 0.1) is 0 Å². The molecule has 0 spiro atoms. The van der Waals surface area contributed by atoms with Crippen LogP contribution in [0.2, 0.25) is 5.02 Å². The van der Waals surface area contributed by atoms with E-state index in [4.69, 9.17) is 16.0 Å². The Hall–Kier alpha value is -1.96. The molecule has 138 valence electrons. The van der Waals surface area contributed by atoms with E-state index < -0.39 is 0 Å². The summed E-state index contributed by atoms with van der Waals surface area (Å²) in [7, 11) is 0. The fourth-order valence-electron chi connectivity index (χ4n) is 2.83. The molecule has 0 unspecified atom stereocenters. The largest absolute Gasteiger partial charge is 0.411 e. The molecule has 0 saturated heterocycles. The molecule has 1 aliphatic rings. The Kier molecular flexibility index (Phi) is 5.71. The van der Waals surface area contributed by atoms with Crippen molar-refractivity contribution in [1.82, 2.24) is 15.5 Å². The van der Waals surface area contributed by atoms with E-state index in [2.05, 4.69) is 27.6 Å². The lowest BCUT2D eigenvalue weighted by atomic mass is 10.0. The van der Waals surface area contributed by atoms with E-state index in [-0.39, 0.29) is 17.7 Å². The van der Waals surface area contributed by atoms with Gasteiger partial charge in [0.15, 0.2) is 0 Å². The SMILES string of the molecule is O=C(CSc1nnc(-c2ccc(Cl)cc2)o1)N[C@H]1CCSc2ccccc21. The Morgan fingerprint density at radius 3 is 2.89 bits per heavy atom. The summed E-state index contributed by atoms with van der Waals surface area (Å²) in [6, 6.07) is 15.4. The summed E-state index contributed by atoms with van der Waals surface area (Å²) in [5.41, 5.74) is 1.98. The molecule has 1 amide bonds. The molecule has 0 fully saturated rings. The number of benzene rings is 2. The molecule has 1 aliphatic heterocycles. The Balaban J connectivity index is 1.34. The molecule has 2 heterocycles. The molecule has 1 N–H and O–H groups in total. The van der Waals surface area contributed by atoms with Crippen LogP contribution in [0.1, 0.15) is 18.0 Å². The van der Waals surface area contributed by atoms with Crippen molar-refractivity contribution in [1.29, 1.82) is 0 Å². The lowest BCUT2D eigenvalue weighted by Gasteiger charge is -2.25. The molecule has 0 saturated carbocycles. The van der Waals surface area contributed by atoms with Crippen molar-refractivity contribution in [3.05, 3.63) is 59.1 Å². The van der Waals surface area contributed by atoms with Crippen molar-refractivity contribution < 1.29 is 9.21 Å². The van der Waals surface area contributed by atoms with Crippen molar-refractivity contribution in [2.24, 2.45) is 0 Å². The maximum atomic E-state index is 12.4. The molecule has 8 heteroatoms. The average Bonchev–Trinajstić information content (AvgIpc) is 3.16. The molecular formula is C19H16ClN3O2S2. The third kappa shape index (κ3) is 4.48. The van der Waals surface area contributed by atoms with Gasteiger partial charge in [-0.25, -0.2) is 0 Å². The van der Waals surface area contributed by atoms with Crippen LogP contribution in [0.5, 0.6) is 0 Å². The topological polar surface area (TPSA) is 68.0 Å². The van der Waals surface area contributed by atoms with E-state index in [9.17, 15) is 4.79 Å². The second kappa shape index (κ2) is 8.37. The monoisotopic (exact) mass is 417 g/mol. The number of carbonyl (C=O) groups excluding carboxylic acids is 1. The first-order valence-electron chi connectivity index (χ1n) is 8.42.